The van der Waals surface area contributed by atoms with Crippen LogP contribution in [0.15, 0.2) is 18.2 Å². The number of phenolic OH excluding ortho intramolecular Hbond substituents is 1. The van der Waals surface area contributed by atoms with Gasteiger partial charge in [-0.1, -0.05) is 0 Å². The van der Waals surface area contributed by atoms with Crippen LogP contribution in [0.2, 0.25) is 0 Å². The first-order valence-electron chi connectivity index (χ1n) is 6.72. The standard InChI is InChI=1S/C14H19FN2O3/c1-2-20-14(19)13(17-5-3-16-4-6-17)10-7-11(15)9-12(18)8-10/h7-9,13,16,18H,2-6H2,1H3. The molecular weight excluding hydrogens is 263 g/mol. The van der Waals surface area contributed by atoms with Crippen molar-refractivity contribution in [3.63, 3.8) is 0 Å². The summed E-state index contributed by atoms with van der Waals surface area (Å²) in [5.41, 5.74) is 0.419. The molecule has 1 aromatic carbocycles. The molecule has 0 saturated carbocycles. The molecule has 0 bridgehead atoms. The van der Waals surface area contributed by atoms with Gasteiger partial charge in [-0.25, -0.2) is 9.18 Å². The third-order valence-electron chi connectivity index (χ3n) is 3.25. The predicted octanol–water partition coefficient (Wildman–Crippen LogP) is 1.04. The largest absolute Gasteiger partial charge is 0.508 e. The molecule has 0 aromatic heterocycles. The predicted molar refractivity (Wildman–Crippen MR) is 71.9 cm³/mol. The molecule has 0 aliphatic carbocycles. The Hall–Kier alpha value is -1.66. The number of benzene rings is 1. The number of esters is 1. The Morgan fingerprint density at radius 3 is 2.75 bits per heavy atom. The van der Waals surface area contributed by atoms with Gasteiger partial charge >= 0.3 is 5.97 Å². The molecule has 1 aliphatic heterocycles. The van der Waals surface area contributed by atoms with Gasteiger partial charge in [-0.3, -0.25) is 4.90 Å². The molecule has 2 rings (SSSR count). The van der Waals surface area contributed by atoms with Crippen molar-refractivity contribution in [2.45, 2.75) is 13.0 Å². The van der Waals surface area contributed by atoms with Gasteiger partial charge in [0.2, 0.25) is 0 Å². The van der Waals surface area contributed by atoms with Crippen molar-refractivity contribution < 1.29 is 19.0 Å². The molecule has 110 valence electrons. The first-order valence-corrected chi connectivity index (χ1v) is 6.72. The van der Waals surface area contributed by atoms with E-state index in [2.05, 4.69) is 5.32 Å². The van der Waals surface area contributed by atoms with Gasteiger partial charge < -0.3 is 15.2 Å². The Bertz CT molecular complexity index is 455. The first kappa shape index (κ1) is 14.7. The second kappa shape index (κ2) is 6.67. The van der Waals surface area contributed by atoms with Crippen LogP contribution < -0.4 is 5.32 Å². The summed E-state index contributed by atoms with van der Waals surface area (Å²) in [4.78, 5) is 14.1. The van der Waals surface area contributed by atoms with Crippen LogP contribution in [-0.4, -0.2) is 48.8 Å². The molecule has 1 unspecified atom stereocenters. The third kappa shape index (κ3) is 3.46. The Balaban J connectivity index is 2.31. The highest BCUT2D eigenvalue weighted by Crippen LogP contribution is 2.26. The van der Waals surface area contributed by atoms with Gasteiger partial charge in [-0.2, -0.15) is 0 Å². The Morgan fingerprint density at radius 2 is 2.15 bits per heavy atom. The van der Waals surface area contributed by atoms with Gasteiger partial charge in [0.05, 0.1) is 6.61 Å². The summed E-state index contributed by atoms with van der Waals surface area (Å²) < 4.78 is 18.5. The second-order valence-corrected chi connectivity index (χ2v) is 4.68. The number of carbonyl (C=O) groups excluding carboxylic acids is 1. The molecule has 1 aromatic rings. The van der Waals surface area contributed by atoms with E-state index >= 15 is 0 Å². The molecule has 0 amide bonds. The van der Waals surface area contributed by atoms with Crippen molar-refractivity contribution in [2.24, 2.45) is 0 Å². The number of ether oxygens (including phenoxy) is 1. The molecule has 1 heterocycles. The van der Waals surface area contributed by atoms with Crippen LogP contribution in [0.25, 0.3) is 0 Å². The molecule has 1 fully saturated rings. The summed E-state index contributed by atoms with van der Waals surface area (Å²) in [5.74, 6) is -1.17. The van der Waals surface area contributed by atoms with Crippen molar-refractivity contribution in [3.05, 3.63) is 29.6 Å². The van der Waals surface area contributed by atoms with E-state index in [0.29, 0.717) is 18.7 Å². The molecule has 2 N–H and O–H groups in total. The fraction of sp³-hybridized carbons (Fsp3) is 0.500. The van der Waals surface area contributed by atoms with Crippen molar-refractivity contribution in [1.29, 1.82) is 0 Å². The summed E-state index contributed by atoms with van der Waals surface area (Å²) in [7, 11) is 0. The molecule has 6 heteroatoms. The summed E-state index contributed by atoms with van der Waals surface area (Å²) in [6.07, 6.45) is 0. The number of aromatic hydroxyl groups is 1. The van der Waals surface area contributed by atoms with Gasteiger partial charge in [0.15, 0.2) is 0 Å². The number of hydrogen-bond donors (Lipinski definition) is 2. The molecule has 20 heavy (non-hydrogen) atoms. The van der Waals surface area contributed by atoms with Crippen LogP contribution in [-0.2, 0) is 9.53 Å². The van der Waals surface area contributed by atoms with Gasteiger partial charge in [0, 0.05) is 32.2 Å². The number of piperazine rings is 1. The fourth-order valence-corrected chi connectivity index (χ4v) is 2.41. The van der Waals surface area contributed by atoms with Gasteiger partial charge in [-0.15, -0.1) is 0 Å². The van der Waals surface area contributed by atoms with E-state index in [0.717, 1.165) is 19.2 Å². The molecule has 0 radical (unpaired) electrons. The first-order chi connectivity index (χ1) is 9.61. The van der Waals surface area contributed by atoms with Crippen LogP contribution in [0, 0.1) is 5.82 Å². The highest BCUT2D eigenvalue weighted by Gasteiger charge is 2.30. The molecule has 0 spiro atoms. The number of rotatable bonds is 4. The quantitative estimate of drug-likeness (QED) is 0.808. The lowest BCUT2D eigenvalue weighted by Gasteiger charge is -2.33. The van der Waals surface area contributed by atoms with Gasteiger partial charge in [0.1, 0.15) is 17.6 Å². The number of halogens is 1. The normalized spacial score (nSPS) is 17.7. The smallest absolute Gasteiger partial charge is 0.328 e. The molecular formula is C14H19FN2O3. The lowest BCUT2D eigenvalue weighted by molar-refractivity contribution is -0.150. The zero-order valence-corrected chi connectivity index (χ0v) is 11.4. The average molecular weight is 282 g/mol. The number of nitrogens with zero attached hydrogens (tertiary/aromatic N) is 1. The molecule has 5 nitrogen and oxygen atoms in total. The molecule has 1 atom stereocenters. The van der Waals surface area contributed by atoms with Crippen molar-refractivity contribution >= 4 is 5.97 Å². The average Bonchev–Trinajstić information content (AvgIpc) is 2.39. The Morgan fingerprint density at radius 1 is 1.45 bits per heavy atom. The van der Waals surface area contributed by atoms with E-state index < -0.39 is 17.8 Å². The molecule has 1 aliphatic rings. The maximum Gasteiger partial charge on any atom is 0.328 e. The maximum absolute atomic E-state index is 13.5. The van der Waals surface area contributed by atoms with Crippen LogP contribution in [0.5, 0.6) is 5.75 Å². The second-order valence-electron chi connectivity index (χ2n) is 4.68. The number of phenols is 1. The zero-order chi connectivity index (χ0) is 14.5. The topological polar surface area (TPSA) is 61.8 Å². The Kier molecular flexibility index (Phi) is 4.92. The van der Waals surface area contributed by atoms with Crippen LogP contribution >= 0.6 is 0 Å². The van der Waals surface area contributed by atoms with E-state index in [1.54, 1.807) is 6.92 Å². The monoisotopic (exact) mass is 282 g/mol. The fourth-order valence-electron chi connectivity index (χ4n) is 2.41. The van der Waals surface area contributed by atoms with Crippen molar-refractivity contribution in [2.75, 3.05) is 32.8 Å². The third-order valence-corrected chi connectivity index (χ3v) is 3.25. The SMILES string of the molecule is CCOC(=O)C(c1cc(O)cc(F)c1)N1CCNCC1. The van der Waals surface area contributed by atoms with E-state index in [-0.39, 0.29) is 12.4 Å². The van der Waals surface area contributed by atoms with Crippen LogP contribution in [0.4, 0.5) is 4.39 Å². The lowest BCUT2D eigenvalue weighted by Crippen LogP contribution is -2.47. The number of carbonyl (C=O) groups is 1. The van der Waals surface area contributed by atoms with E-state index in [1.807, 2.05) is 4.90 Å². The summed E-state index contributed by atoms with van der Waals surface area (Å²) >= 11 is 0. The highest BCUT2D eigenvalue weighted by molar-refractivity contribution is 5.78. The van der Waals surface area contributed by atoms with Gasteiger partial charge in [0.25, 0.3) is 0 Å². The summed E-state index contributed by atoms with van der Waals surface area (Å²) in [6, 6.07) is 3.01. The molecule has 1 saturated heterocycles. The summed E-state index contributed by atoms with van der Waals surface area (Å²) in [5, 5.41) is 12.7. The van der Waals surface area contributed by atoms with E-state index in [1.165, 1.54) is 12.1 Å². The van der Waals surface area contributed by atoms with E-state index in [4.69, 9.17) is 4.74 Å². The van der Waals surface area contributed by atoms with Crippen LogP contribution in [0.1, 0.15) is 18.5 Å². The summed E-state index contributed by atoms with van der Waals surface area (Å²) in [6.45, 7) is 4.86. The lowest BCUT2D eigenvalue weighted by atomic mass is 10.0. The van der Waals surface area contributed by atoms with Crippen molar-refractivity contribution in [1.82, 2.24) is 10.2 Å². The Labute approximate surface area is 117 Å². The minimum Gasteiger partial charge on any atom is -0.508 e. The number of nitrogens with one attached hydrogen (secondary N) is 1. The number of hydrogen-bond acceptors (Lipinski definition) is 5. The minimum atomic E-state index is -0.682. The van der Waals surface area contributed by atoms with Crippen LogP contribution in [0.3, 0.4) is 0 Å². The van der Waals surface area contributed by atoms with Crippen molar-refractivity contribution in [3.8, 4) is 5.75 Å². The van der Waals surface area contributed by atoms with Gasteiger partial charge in [-0.05, 0) is 24.6 Å². The maximum atomic E-state index is 13.5. The minimum absolute atomic E-state index is 0.190. The zero-order valence-electron chi connectivity index (χ0n) is 11.4. The van der Waals surface area contributed by atoms with E-state index in [9.17, 15) is 14.3 Å². The highest BCUT2D eigenvalue weighted by atomic mass is 19.1.